The summed E-state index contributed by atoms with van der Waals surface area (Å²) in [5, 5.41) is 14.3. The number of amides is 1. The summed E-state index contributed by atoms with van der Waals surface area (Å²) >= 11 is 0. The first-order chi connectivity index (χ1) is 16.0. The van der Waals surface area contributed by atoms with Gasteiger partial charge in [0.1, 0.15) is 5.82 Å². The van der Waals surface area contributed by atoms with Crippen LogP contribution in [0.4, 0.5) is 15.8 Å². The van der Waals surface area contributed by atoms with E-state index in [0.717, 1.165) is 59.3 Å². The second kappa shape index (κ2) is 10.6. The molecule has 3 aromatic rings. The fourth-order valence-electron chi connectivity index (χ4n) is 3.79. The Hall–Kier alpha value is -3.26. The number of halogens is 1. The van der Waals surface area contributed by atoms with Crippen LogP contribution >= 0.6 is 0 Å². The lowest BCUT2D eigenvalue weighted by molar-refractivity contribution is -0.169. The molecule has 2 N–H and O–H groups in total. The molecular weight excluding hydrogens is 419 g/mol. The molecule has 6 nitrogen and oxygen atoms in total. The summed E-state index contributed by atoms with van der Waals surface area (Å²) in [6.07, 6.45) is 0. The summed E-state index contributed by atoms with van der Waals surface area (Å²) in [5.41, 5.74) is 4.66. The molecule has 0 saturated carbocycles. The topological polar surface area (TPSA) is 59.0 Å². The summed E-state index contributed by atoms with van der Waals surface area (Å²) in [6.45, 7) is 3.92. The lowest BCUT2D eigenvalue weighted by Crippen LogP contribution is -2.48. The predicted octanol–water partition coefficient (Wildman–Crippen LogP) is 4.20. The molecule has 1 aliphatic heterocycles. The van der Waals surface area contributed by atoms with Crippen LogP contribution in [0.15, 0.2) is 72.8 Å². The van der Waals surface area contributed by atoms with Crippen LogP contribution in [0, 0.1) is 5.82 Å². The van der Waals surface area contributed by atoms with Crippen LogP contribution in [-0.2, 0) is 11.3 Å². The number of likely N-dealkylation sites (N-methyl/N-ethyl adjacent to an activating group) is 1. The Bertz CT molecular complexity index is 1050. The van der Waals surface area contributed by atoms with E-state index in [0.29, 0.717) is 0 Å². The summed E-state index contributed by atoms with van der Waals surface area (Å²) < 4.78 is 13.1. The van der Waals surface area contributed by atoms with Gasteiger partial charge in [-0.3, -0.25) is 14.9 Å². The van der Waals surface area contributed by atoms with Crippen molar-refractivity contribution in [2.45, 2.75) is 6.54 Å². The number of hydroxylamine groups is 2. The van der Waals surface area contributed by atoms with Crippen molar-refractivity contribution in [2.24, 2.45) is 0 Å². The molecule has 1 fully saturated rings. The summed E-state index contributed by atoms with van der Waals surface area (Å²) in [6, 6.07) is 22.0. The largest absolute Gasteiger partial charge is 0.356 e. The van der Waals surface area contributed by atoms with Crippen molar-refractivity contribution in [2.75, 3.05) is 45.1 Å². The number of carbonyl (C=O) groups is 1. The van der Waals surface area contributed by atoms with Gasteiger partial charge in [-0.2, -0.15) is 0 Å². The number of piperazine rings is 1. The number of rotatable bonds is 7. The van der Waals surface area contributed by atoms with Gasteiger partial charge < -0.3 is 10.2 Å². The third-order valence-electron chi connectivity index (χ3n) is 5.88. The summed E-state index contributed by atoms with van der Waals surface area (Å²) in [4.78, 5) is 16.6. The van der Waals surface area contributed by atoms with Gasteiger partial charge in [-0.15, -0.1) is 0 Å². The molecule has 0 unspecified atom stereocenters. The number of hydrogen-bond donors (Lipinski definition) is 2. The minimum absolute atomic E-state index is 0.152. The molecule has 172 valence electrons. The average Bonchev–Trinajstić information content (AvgIpc) is 2.83. The van der Waals surface area contributed by atoms with E-state index in [9.17, 15) is 14.4 Å². The fraction of sp³-hybridized carbons (Fsp3) is 0.269. The Kier molecular flexibility index (Phi) is 7.34. The molecule has 0 spiro atoms. The summed E-state index contributed by atoms with van der Waals surface area (Å²) in [5.74, 6) is -0.535. The van der Waals surface area contributed by atoms with E-state index in [1.165, 1.54) is 12.1 Å². The molecule has 33 heavy (non-hydrogen) atoms. The van der Waals surface area contributed by atoms with Crippen molar-refractivity contribution in [1.82, 2.24) is 14.9 Å². The van der Waals surface area contributed by atoms with Crippen LogP contribution in [0.25, 0.3) is 11.1 Å². The van der Waals surface area contributed by atoms with E-state index in [2.05, 4.69) is 22.2 Å². The van der Waals surface area contributed by atoms with E-state index >= 15 is 0 Å². The fourth-order valence-corrected chi connectivity index (χ4v) is 3.79. The van der Waals surface area contributed by atoms with Crippen molar-refractivity contribution in [3.63, 3.8) is 0 Å². The molecular formula is C26H29FN4O2. The molecule has 1 saturated heterocycles. The zero-order valence-electron chi connectivity index (χ0n) is 18.7. The Labute approximate surface area is 193 Å². The normalized spacial score (nSPS) is 14.8. The molecule has 1 amide bonds. The zero-order valence-corrected chi connectivity index (χ0v) is 18.7. The first-order valence-electron chi connectivity index (χ1n) is 11.1. The monoisotopic (exact) mass is 448 g/mol. The Morgan fingerprint density at radius 1 is 0.879 bits per heavy atom. The number of carbonyl (C=O) groups excluding carboxylic acids is 1. The second-order valence-electron chi connectivity index (χ2n) is 8.44. The first-order valence-corrected chi connectivity index (χ1v) is 11.1. The van der Waals surface area contributed by atoms with Crippen molar-refractivity contribution in [3.05, 3.63) is 84.2 Å². The number of benzene rings is 3. The highest BCUT2D eigenvalue weighted by molar-refractivity contribution is 5.77. The van der Waals surface area contributed by atoms with E-state index in [1.54, 1.807) is 12.1 Å². The van der Waals surface area contributed by atoms with Crippen LogP contribution in [0.5, 0.6) is 0 Å². The molecule has 1 aliphatic rings. The maximum Gasteiger partial charge on any atom is 0.260 e. The molecule has 4 rings (SSSR count). The van der Waals surface area contributed by atoms with Gasteiger partial charge in [-0.1, -0.05) is 36.4 Å². The van der Waals surface area contributed by atoms with Crippen molar-refractivity contribution in [3.8, 4) is 11.1 Å². The number of nitrogens with one attached hydrogen (secondary N) is 1. The lowest BCUT2D eigenvalue weighted by Gasteiger charge is -2.32. The van der Waals surface area contributed by atoms with E-state index in [1.807, 2.05) is 48.5 Å². The van der Waals surface area contributed by atoms with E-state index in [4.69, 9.17) is 0 Å². The van der Waals surface area contributed by atoms with Crippen LogP contribution in [-0.4, -0.2) is 65.7 Å². The smallest absolute Gasteiger partial charge is 0.260 e. The van der Waals surface area contributed by atoms with Crippen LogP contribution in [0.1, 0.15) is 5.56 Å². The number of anilines is 2. The van der Waals surface area contributed by atoms with Gasteiger partial charge in [0.25, 0.3) is 5.91 Å². The van der Waals surface area contributed by atoms with Gasteiger partial charge >= 0.3 is 0 Å². The van der Waals surface area contributed by atoms with Crippen LogP contribution < -0.4 is 5.32 Å². The summed E-state index contributed by atoms with van der Waals surface area (Å²) in [7, 11) is 2.07. The van der Waals surface area contributed by atoms with Crippen LogP contribution in [0.3, 0.4) is 0 Å². The SMILES string of the molecule is CN1CCN(CC(=O)N(O)Cc2ccc(Nc3ccc(-c4ccc(F)cc4)cc3)cc2)CC1. The maximum absolute atomic E-state index is 13.1. The van der Waals surface area contributed by atoms with Gasteiger partial charge in [-0.05, 0) is 60.1 Å². The maximum atomic E-state index is 13.1. The van der Waals surface area contributed by atoms with Gasteiger partial charge in [0, 0.05) is 37.6 Å². The number of nitrogens with zero attached hydrogens (tertiary/aromatic N) is 3. The van der Waals surface area contributed by atoms with Gasteiger partial charge in [-0.25, -0.2) is 9.45 Å². The minimum atomic E-state index is -0.289. The molecule has 0 aromatic heterocycles. The highest BCUT2D eigenvalue weighted by Crippen LogP contribution is 2.24. The molecule has 0 radical (unpaired) electrons. The van der Waals surface area contributed by atoms with Crippen LogP contribution in [0.2, 0.25) is 0 Å². The quantitative estimate of drug-likeness (QED) is 0.419. The van der Waals surface area contributed by atoms with Gasteiger partial charge in [0.2, 0.25) is 0 Å². The predicted molar refractivity (Wildman–Crippen MR) is 128 cm³/mol. The van der Waals surface area contributed by atoms with Crippen molar-refractivity contribution >= 4 is 17.3 Å². The Balaban J connectivity index is 1.29. The standard InChI is InChI=1S/C26H29FN4O2/c1-29-14-16-30(17-15-29)19-26(32)31(33)18-20-2-10-24(11-3-20)28-25-12-6-22(7-13-25)21-4-8-23(27)9-5-21/h2-13,28,33H,14-19H2,1H3. The van der Waals surface area contributed by atoms with Crippen molar-refractivity contribution < 1.29 is 14.4 Å². The first kappa shape index (κ1) is 22.9. The number of hydrogen-bond acceptors (Lipinski definition) is 5. The Morgan fingerprint density at radius 3 is 1.97 bits per heavy atom. The van der Waals surface area contributed by atoms with E-state index in [-0.39, 0.29) is 24.8 Å². The lowest BCUT2D eigenvalue weighted by atomic mass is 10.1. The third-order valence-corrected chi connectivity index (χ3v) is 5.88. The van der Waals surface area contributed by atoms with Crippen molar-refractivity contribution in [1.29, 1.82) is 0 Å². The molecule has 0 atom stereocenters. The molecule has 1 heterocycles. The third kappa shape index (κ3) is 6.38. The second-order valence-corrected chi connectivity index (χ2v) is 8.44. The average molecular weight is 449 g/mol. The van der Waals surface area contributed by atoms with E-state index < -0.39 is 0 Å². The molecule has 0 bridgehead atoms. The highest BCUT2D eigenvalue weighted by atomic mass is 19.1. The van der Waals surface area contributed by atoms with Gasteiger partial charge in [0.15, 0.2) is 0 Å². The van der Waals surface area contributed by atoms with Gasteiger partial charge in [0.05, 0.1) is 13.1 Å². The molecule has 0 aliphatic carbocycles. The highest BCUT2D eigenvalue weighted by Gasteiger charge is 2.19. The molecule has 3 aromatic carbocycles. The Morgan fingerprint density at radius 2 is 1.39 bits per heavy atom. The minimum Gasteiger partial charge on any atom is -0.356 e. The zero-order chi connectivity index (χ0) is 23.2. The molecule has 7 heteroatoms.